The Kier molecular flexibility index (Phi) is 3.21. The number of hydrogen-bond acceptors (Lipinski definition) is 3. The Morgan fingerprint density at radius 2 is 2.00 bits per heavy atom. The molecule has 16 heavy (non-hydrogen) atoms. The van der Waals surface area contributed by atoms with E-state index in [0.717, 1.165) is 25.7 Å². The van der Waals surface area contributed by atoms with Gasteiger partial charge in [-0.3, -0.25) is 0 Å². The Hall–Kier alpha value is -0.620. The molecule has 0 saturated heterocycles. The summed E-state index contributed by atoms with van der Waals surface area (Å²) < 4.78 is 37.0. The van der Waals surface area contributed by atoms with Gasteiger partial charge >= 0.3 is 6.18 Å². The van der Waals surface area contributed by atoms with Gasteiger partial charge in [-0.05, 0) is 18.8 Å². The van der Waals surface area contributed by atoms with E-state index in [1.54, 1.807) is 0 Å². The van der Waals surface area contributed by atoms with Gasteiger partial charge in [-0.2, -0.15) is 13.2 Å². The minimum absolute atomic E-state index is 0.281. The lowest BCUT2D eigenvalue weighted by Gasteiger charge is -2.16. The number of thiazole rings is 1. The van der Waals surface area contributed by atoms with Crippen molar-refractivity contribution in [3.8, 4) is 0 Å². The maximum atomic E-state index is 12.3. The molecule has 1 aliphatic carbocycles. The van der Waals surface area contributed by atoms with E-state index in [4.69, 9.17) is 5.73 Å². The predicted octanol–water partition coefficient (Wildman–Crippen LogP) is 3.35. The molecule has 1 aromatic heterocycles. The van der Waals surface area contributed by atoms with Gasteiger partial charge in [0, 0.05) is 17.1 Å². The van der Waals surface area contributed by atoms with Gasteiger partial charge in [-0.1, -0.05) is 12.8 Å². The average molecular weight is 250 g/mol. The molecule has 1 aromatic rings. The number of aromatic nitrogens is 1. The summed E-state index contributed by atoms with van der Waals surface area (Å²) in [4.78, 5) is 3.95. The van der Waals surface area contributed by atoms with E-state index in [0.29, 0.717) is 22.1 Å². The first kappa shape index (κ1) is 11.9. The van der Waals surface area contributed by atoms with Gasteiger partial charge < -0.3 is 5.73 Å². The smallest absolute Gasteiger partial charge is 0.323 e. The molecule has 0 spiro atoms. The zero-order chi connectivity index (χ0) is 11.8. The maximum absolute atomic E-state index is 12.3. The van der Waals surface area contributed by atoms with Crippen molar-refractivity contribution in [2.45, 2.75) is 37.9 Å². The van der Waals surface area contributed by atoms with Crippen LogP contribution in [0.25, 0.3) is 0 Å². The summed E-state index contributed by atoms with van der Waals surface area (Å²) >= 11 is 0.674. The predicted molar refractivity (Wildman–Crippen MR) is 56.0 cm³/mol. The van der Waals surface area contributed by atoms with Crippen molar-refractivity contribution >= 4 is 11.3 Å². The summed E-state index contributed by atoms with van der Waals surface area (Å²) in [6, 6.07) is -0.281. The van der Waals surface area contributed by atoms with Crippen LogP contribution in [0.3, 0.4) is 0 Å². The van der Waals surface area contributed by atoms with Gasteiger partial charge in [0.2, 0.25) is 0 Å². The lowest BCUT2D eigenvalue weighted by atomic mass is 9.98. The third-order valence-corrected chi connectivity index (χ3v) is 4.15. The third kappa shape index (κ3) is 2.38. The fourth-order valence-electron chi connectivity index (χ4n) is 2.12. The second-order valence-electron chi connectivity index (χ2n) is 4.14. The first-order valence-corrected chi connectivity index (χ1v) is 6.08. The Labute approximate surface area is 95.7 Å². The lowest BCUT2D eigenvalue weighted by Crippen LogP contribution is -2.17. The number of alkyl halides is 3. The second-order valence-corrected chi connectivity index (χ2v) is 5.20. The molecule has 0 aliphatic heterocycles. The Morgan fingerprint density at radius 1 is 1.38 bits per heavy atom. The van der Waals surface area contributed by atoms with Gasteiger partial charge in [0.15, 0.2) is 5.01 Å². The van der Waals surface area contributed by atoms with Crippen molar-refractivity contribution in [3.05, 3.63) is 16.1 Å². The monoisotopic (exact) mass is 250 g/mol. The third-order valence-electron chi connectivity index (χ3n) is 3.00. The van der Waals surface area contributed by atoms with Crippen LogP contribution in [-0.2, 0) is 6.18 Å². The topological polar surface area (TPSA) is 38.9 Å². The number of nitrogens with two attached hydrogens (primary N) is 1. The lowest BCUT2D eigenvalue weighted by molar-refractivity contribution is -0.137. The van der Waals surface area contributed by atoms with E-state index in [1.165, 1.54) is 6.20 Å². The quantitative estimate of drug-likeness (QED) is 0.874. The maximum Gasteiger partial charge on any atom is 0.443 e. The Morgan fingerprint density at radius 3 is 2.50 bits per heavy atom. The molecule has 2 N–H and O–H groups in total. The molecule has 2 rings (SSSR count). The number of halogens is 3. The van der Waals surface area contributed by atoms with Crippen LogP contribution in [0.1, 0.15) is 41.6 Å². The molecule has 1 saturated carbocycles. The van der Waals surface area contributed by atoms with Crippen LogP contribution in [-0.4, -0.2) is 4.98 Å². The summed E-state index contributed by atoms with van der Waals surface area (Å²) in [6.07, 6.45) is 1.21. The number of hydrogen-bond donors (Lipinski definition) is 1. The summed E-state index contributed by atoms with van der Waals surface area (Å²) in [7, 11) is 0. The number of rotatable bonds is 2. The Balaban J connectivity index is 2.12. The number of nitrogens with zero attached hydrogens (tertiary/aromatic N) is 1. The molecule has 1 atom stereocenters. The van der Waals surface area contributed by atoms with E-state index in [-0.39, 0.29) is 6.04 Å². The van der Waals surface area contributed by atoms with Crippen LogP contribution in [0.15, 0.2) is 6.20 Å². The molecular weight excluding hydrogens is 237 g/mol. The molecule has 0 radical (unpaired) electrons. The SMILES string of the molecule is NC(c1cnc(C(F)(F)F)s1)C1CCCC1. The van der Waals surface area contributed by atoms with Crippen LogP contribution in [0.2, 0.25) is 0 Å². The van der Waals surface area contributed by atoms with Crippen molar-refractivity contribution in [2.24, 2.45) is 11.7 Å². The van der Waals surface area contributed by atoms with Crippen molar-refractivity contribution in [1.82, 2.24) is 4.98 Å². The van der Waals surface area contributed by atoms with Gasteiger partial charge in [0.25, 0.3) is 0 Å². The zero-order valence-electron chi connectivity index (χ0n) is 8.63. The highest BCUT2D eigenvalue weighted by atomic mass is 32.1. The molecule has 1 unspecified atom stereocenters. The highest BCUT2D eigenvalue weighted by Crippen LogP contribution is 2.39. The zero-order valence-corrected chi connectivity index (χ0v) is 9.44. The molecule has 6 heteroatoms. The van der Waals surface area contributed by atoms with Crippen molar-refractivity contribution in [1.29, 1.82) is 0 Å². The second kappa shape index (κ2) is 4.33. The fourth-order valence-corrected chi connectivity index (χ4v) is 3.00. The normalized spacial score (nSPS) is 20.2. The molecule has 1 heterocycles. The van der Waals surface area contributed by atoms with Crippen molar-refractivity contribution < 1.29 is 13.2 Å². The van der Waals surface area contributed by atoms with E-state index in [1.807, 2.05) is 0 Å². The van der Waals surface area contributed by atoms with Crippen LogP contribution < -0.4 is 5.73 Å². The minimum atomic E-state index is -4.35. The van der Waals surface area contributed by atoms with Crippen LogP contribution in [0.4, 0.5) is 13.2 Å². The summed E-state index contributed by atoms with van der Waals surface area (Å²) in [5, 5.41) is -0.795. The highest BCUT2D eigenvalue weighted by molar-refractivity contribution is 7.11. The minimum Gasteiger partial charge on any atom is -0.323 e. The summed E-state index contributed by atoms with van der Waals surface area (Å²) in [5.74, 6) is 0.321. The van der Waals surface area contributed by atoms with E-state index >= 15 is 0 Å². The average Bonchev–Trinajstić information content (AvgIpc) is 2.87. The first-order valence-electron chi connectivity index (χ1n) is 5.27. The van der Waals surface area contributed by atoms with Crippen LogP contribution in [0.5, 0.6) is 0 Å². The molecule has 0 aromatic carbocycles. The molecular formula is C10H13F3N2S. The standard InChI is InChI=1S/C10H13F3N2S/c11-10(12,13)9-15-5-7(16-9)8(14)6-3-1-2-4-6/h5-6,8H,1-4,14H2. The fraction of sp³-hybridized carbons (Fsp3) is 0.700. The van der Waals surface area contributed by atoms with E-state index in [9.17, 15) is 13.2 Å². The van der Waals surface area contributed by atoms with Crippen LogP contribution in [0, 0.1) is 5.92 Å². The summed E-state index contributed by atoms with van der Waals surface area (Å²) in [5.41, 5.74) is 5.96. The molecule has 0 amide bonds. The van der Waals surface area contributed by atoms with E-state index in [2.05, 4.69) is 4.98 Å². The highest BCUT2D eigenvalue weighted by Gasteiger charge is 2.35. The Bertz CT molecular complexity index is 355. The van der Waals surface area contributed by atoms with Gasteiger partial charge in [-0.15, -0.1) is 11.3 Å². The first-order chi connectivity index (χ1) is 7.48. The largest absolute Gasteiger partial charge is 0.443 e. The molecule has 2 nitrogen and oxygen atoms in total. The van der Waals surface area contributed by atoms with E-state index < -0.39 is 11.2 Å². The van der Waals surface area contributed by atoms with Crippen molar-refractivity contribution in [2.75, 3.05) is 0 Å². The molecule has 1 aliphatic rings. The van der Waals surface area contributed by atoms with Gasteiger partial charge in [0.05, 0.1) is 0 Å². The van der Waals surface area contributed by atoms with Crippen LogP contribution >= 0.6 is 11.3 Å². The van der Waals surface area contributed by atoms with Crippen molar-refractivity contribution in [3.63, 3.8) is 0 Å². The summed E-state index contributed by atoms with van der Waals surface area (Å²) in [6.45, 7) is 0. The molecule has 90 valence electrons. The van der Waals surface area contributed by atoms with Gasteiger partial charge in [-0.25, -0.2) is 4.98 Å². The molecule has 1 fully saturated rings. The van der Waals surface area contributed by atoms with Gasteiger partial charge in [0.1, 0.15) is 0 Å². The molecule has 0 bridgehead atoms.